The van der Waals surface area contributed by atoms with E-state index >= 15 is 0 Å². The molecule has 0 amide bonds. The number of fused-ring (bicyclic) bond motifs is 1. The van der Waals surface area contributed by atoms with Gasteiger partial charge in [-0.3, -0.25) is 0 Å². The average molecular weight is 126 g/mol. The van der Waals surface area contributed by atoms with E-state index in [9.17, 15) is 0 Å². The summed E-state index contributed by atoms with van der Waals surface area (Å²) in [5.74, 6) is 1.79. The molecule has 1 aliphatic heterocycles. The summed E-state index contributed by atoms with van der Waals surface area (Å²) in [4.78, 5) is 2.39. The molecule has 0 bridgehead atoms. The quantitative estimate of drug-likeness (QED) is 0.491. The Balaban J connectivity index is 2.00. The molecule has 1 saturated heterocycles. The summed E-state index contributed by atoms with van der Waals surface area (Å²) in [7, 11) is 2.19. The van der Waals surface area contributed by atoms with Crippen LogP contribution in [0.5, 0.6) is 0 Å². The van der Waals surface area contributed by atoms with E-state index in [0.29, 0.717) is 6.04 Å². The number of likely N-dealkylation sites (tertiary alicyclic amines) is 1. The Morgan fingerprint density at radius 3 is 2.67 bits per heavy atom. The maximum atomic E-state index is 5.80. The molecule has 0 radical (unpaired) electrons. The van der Waals surface area contributed by atoms with Gasteiger partial charge in [0.15, 0.2) is 0 Å². The van der Waals surface area contributed by atoms with E-state index in [0.717, 1.165) is 11.8 Å². The molecule has 0 spiro atoms. The van der Waals surface area contributed by atoms with Crippen LogP contribution < -0.4 is 5.73 Å². The van der Waals surface area contributed by atoms with Gasteiger partial charge < -0.3 is 10.6 Å². The first kappa shape index (κ1) is 5.69. The van der Waals surface area contributed by atoms with Crippen molar-refractivity contribution in [1.29, 1.82) is 0 Å². The molecule has 1 heterocycles. The normalized spacial score (nSPS) is 50.7. The Hall–Kier alpha value is -0.0800. The minimum absolute atomic E-state index is 0.528. The lowest BCUT2D eigenvalue weighted by molar-refractivity contribution is 0.194. The molecule has 2 rings (SSSR count). The van der Waals surface area contributed by atoms with Crippen LogP contribution >= 0.6 is 0 Å². The van der Waals surface area contributed by atoms with Crippen molar-refractivity contribution < 1.29 is 0 Å². The zero-order chi connectivity index (χ0) is 6.43. The Labute approximate surface area is 56.0 Å². The Bertz CT molecular complexity index is 124. The Kier molecular flexibility index (Phi) is 1.08. The fourth-order valence-electron chi connectivity index (χ4n) is 2.18. The van der Waals surface area contributed by atoms with E-state index < -0.39 is 0 Å². The molecule has 0 aromatic rings. The van der Waals surface area contributed by atoms with Gasteiger partial charge in [0, 0.05) is 19.1 Å². The smallest absolute Gasteiger partial charge is 0.00857 e. The van der Waals surface area contributed by atoms with Gasteiger partial charge in [-0.05, 0) is 25.3 Å². The zero-order valence-electron chi connectivity index (χ0n) is 5.88. The predicted octanol–water partition coefficient (Wildman–Crippen LogP) is -0.105. The summed E-state index contributed by atoms with van der Waals surface area (Å²) in [6, 6.07) is 0.528. The highest BCUT2D eigenvalue weighted by atomic mass is 15.1. The van der Waals surface area contributed by atoms with Gasteiger partial charge in [0.05, 0.1) is 0 Å². The molecule has 0 aromatic heterocycles. The van der Waals surface area contributed by atoms with Crippen LogP contribution in [0.1, 0.15) is 6.42 Å². The molecule has 3 atom stereocenters. The van der Waals surface area contributed by atoms with Gasteiger partial charge in [-0.2, -0.15) is 0 Å². The predicted molar refractivity (Wildman–Crippen MR) is 37.1 cm³/mol. The van der Waals surface area contributed by atoms with Crippen LogP contribution in [0.4, 0.5) is 0 Å². The van der Waals surface area contributed by atoms with E-state index in [1.54, 1.807) is 0 Å². The monoisotopic (exact) mass is 126 g/mol. The minimum atomic E-state index is 0.528. The summed E-state index contributed by atoms with van der Waals surface area (Å²) in [5.41, 5.74) is 5.80. The van der Waals surface area contributed by atoms with Gasteiger partial charge in [0.25, 0.3) is 0 Å². The number of rotatable bonds is 0. The highest BCUT2D eigenvalue weighted by molar-refractivity contribution is 4.98. The first-order chi connectivity index (χ1) is 4.27. The third-order valence-electron chi connectivity index (χ3n) is 2.80. The molecular formula is C7H14N2. The summed E-state index contributed by atoms with van der Waals surface area (Å²) in [6.45, 7) is 2.53. The molecule has 2 N–H and O–H groups in total. The van der Waals surface area contributed by atoms with E-state index in [2.05, 4.69) is 11.9 Å². The maximum absolute atomic E-state index is 5.80. The fourth-order valence-corrected chi connectivity index (χ4v) is 2.18. The first-order valence-corrected chi connectivity index (χ1v) is 3.71. The van der Waals surface area contributed by atoms with Crippen LogP contribution in [0.3, 0.4) is 0 Å². The van der Waals surface area contributed by atoms with Crippen LogP contribution in [0.25, 0.3) is 0 Å². The fraction of sp³-hybridized carbons (Fsp3) is 1.00. The van der Waals surface area contributed by atoms with Crippen molar-refractivity contribution in [1.82, 2.24) is 4.90 Å². The van der Waals surface area contributed by atoms with Crippen LogP contribution in [0, 0.1) is 11.8 Å². The second kappa shape index (κ2) is 1.70. The lowest BCUT2D eigenvalue weighted by atomic mass is 9.72. The first-order valence-electron chi connectivity index (χ1n) is 3.71. The topological polar surface area (TPSA) is 29.3 Å². The zero-order valence-corrected chi connectivity index (χ0v) is 5.88. The van der Waals surface area contributed by atoms with Crippen molar-refractivity contribution in [2.45, 2.75) is 12.5 Å². The van der Waals surface area contributed by atoms with Gasteiger partial charge in [-0.1, -0.05) is 0 Å². The minimum Gasteiger partial charge on any atom is -0.327 e. The van der Waals surface area contributed by atoms with Gasteiger partial charge in [-0.15, -0.1) is 0 Å². The molecule has 2 aliphatic rings. The third kappa shape index (κ3) is 0.700. The lowest BCUT2D eigenvalue weighted by Crippen LogP contribution is -2.46. The van der Waals surface area contributed by atoms with Crippen molar-refractivity contribution in [3.63, 3.8) is 0 Å². The molecule has 1 unspecified atom stereocenters. The molecular weight excluding hydrogens is 112 g/mol. The van der Waals surface area contributed by atoms with Crippen molar-refractivity contribution >= 4 is 0 Å². The third-order valence-corrected chi connectivity index (χ3v) is 2.80. The van der Waals surface area contributed by atoms with Crippen molar-refractivity contribution in [3.05, 3.63) is 0 Å². The van der Waals surface area contributed by atoms with Gasteiger partial charge >= 0.3 is 0 Å². The Morgan fingerprint density at radius 2 is 2.22 bits per heavy atom. The number of hydrogen-bond donors (Lipinski definition) is 1. The van der Waals surface area contributed by atoms with Crippen LogP contribution in [0.2, 0.25) is 0 Å². The molecule has 9 heavy (non-hydrogen) atoms. The van der Waals surface area contributed by atoms with E-state index in [1.807, 2.05) is 0 Å². The van der Waals surface area contributed by atoms with Gasteiger partial charge in [-0.25, -0.2) is 0 Å². The van der Waals surface area contributed by atoms with Gasteiger partial charge in [0.2, 0.25) is 0 Å². The van der Waals surface area contributed by atoms with E-state index in [-0.39, 0.29) is 0 Å². The van der Waals surface area contributed by atoms with Crippen LogP contribution in [-0.2, 0) is 0 Å². The molecule has 2 nitrogen and oxygen atoms in total. The molecule has 2 fully saturated rings. The summed E-state index contributed by atoms with van der Waals surface area (Å²) in [5, 5.41) is 0. The maximum Gasteiger partial charge on any atom is 0.00857 e. The van der Waals surface area contributed by atoms with E-state index in [4.69, 9.17) is 5.73 Å². The molecule has 1 saturated carbocycles. The highest BCUT2D eigenvalue weighted by Crippen LogP contribution is 2.38. The molecule has 2 heteroatoms. The molecule has 0 aromatic carbocycles. The number of nitrogens with zero attached hydrogens (tertiary/aromatic N) is 1. The largest absolute Gasteiger partial charge is 0.327 e. The SMILES string of the molecule is CN1CC2[C@H](C[C@H]2N)C1. The average Bonchev–Trinajstić information content (AvgIpc) is 2.08. The van der Waals surface area contributed by atoms with Crippen LogP contribution in [-0.4, -0.2) is 31.1 Å². The van der Waals surface area contributed by atoms with Crippen molar-refractivity contribution in [2.75, 3.05) is 20.1 Å². The summed E-state index contributed by atoms with van der Waals surface area (Å²) >= 11 is 0. The number of nitrogens with two attached hydrogens (primary N) is 1. The highest BCUT2D eigenvalue weighted by Gasteiger charge is 2.43. The van der Waals surface area contributed by atoms with Crippen molar-refractivity contribution in [3.8, 4) is 0 Å². The second-order valence-corrected chi connectivity index (χ2v) is 3.54. The van der Waals surface area contributed by atoms with Gasteiger partial charge in [0.1, 0.15) is 0 Å². The number of hydrogen-bond acceptors (Lipinski definition) is 2. The summed E-state index contributed by atoms with van der Waals surface area (Å²) in [6.07, 6.45) is 1.27. The van der Waals surface area contributed by atoms with Crippen LogP contribution in [0.15, 0.2) is 0 Å². The standard InChI is InChI=1S/C7H14N2/c1-9-3-5-2-7(8)6(5)4-9/h5-7H,2-4,8H2,1H3/t5-,6?,7-/m1/s1. The second-order valence-electron chi connectivity index (χ2n) is 3.54. The Morgan fingerprint density at radius 1 is 1.44 bits per heavy atom. The summed E-state index contributed by atoms with van der Waals surface area (Å²) < 4.78 is 0. The van der Waals surface area contributed by atoms with E-state index in [1.165, 1.54) is 19.5 Å². The lowest BCUT2D eigenvalue weighted by Gasteiger charge is -2.36. The molecule has 1 aliphatic carbocycles. The van der Waals surface area contributed by atoms with Crippen molar-refractivity contribution in [2.24, 2.45) is 17.6 Å². The molecule has 52 valence electrons.